The number of Topliss-reactive ketones (excluding diaryl/α,β-unsaturated/α-hetero) is 1. The molecule has 2 bridgehead atoms. The van der Waals surface area contributed by atoms with Crippen LogP contribution in [0, 0.1) is 11.8 Å². The average Bonchev–Trinajstić information content (AvgIpc) is 2.86. The third-order valence-corrected chi connectivity index (χ3v) is 6.01. The first-order chi connectivity index (χ1) is 10.7. The molecule has 4 rings (SSSR count). The number of ketones is 1. The molecular weight excluding hydrogens is 272 g/mol. The van der Waals surface area contributed by atoms with Gasteiger partial charge >= 0.3 is 0 Å². The van der Waals surface area contributed by atoms with Crippen molar-refractivity contribution in [1.29, 1.82) is 0 Å². The second-order valence-electron chi connectivity index (χ2n) is 7.60. The number of carbonyl (C=O) groups is 1. The highest BCUT2D eigenvalue weighted by molar-refractivity contribution is 5.96. The Hall–Kier alpha value is -1.38. The number of carbonyl (C=O) groups excluding carboxylic acids is 1. The number of hydrogen-bond acceptors (Lipinski definition) is 3. The number of pyridine rings is 1. The molecule has 3 nitrogen and oxygen atoms in total. The van der Waals surface area contributed by atoms with E-state index in [0.717, 1.165) is 36.1 Å². The maximum absolute atomic E-state index is 11.9. The zero-order valence-electron chi connectivity index (χ0n) is 13.5. The second kappa shape index (κ2) is 5.68. The van der Waals surface area contributed by atoms with E-state index in [2.05, 4.69) is 10.3 Å². The van der Waals surface area contributed by atoms with Crippen molar-refractivity contribution in [3.63, 3.8) is 0 Å². The number of anilines is 1. The van der Waals surface area contributed by atoms with Gasteiger partial charge in [-0.25, -0.2) is 4.98 Å². The molecule has 0 spiro atoms. The number of nitrogens with one attached hydrogen (secondary N) is 1. The highest BCUT2D eigenvalue weighted by atomic mass is 16.1. The lowest BCUT2D eigenvalue weighted by Crippen LogP contribution is -2.29. The maximum Gasteiger partial charge on any atom is 0.161 e. The van der Waals surface area contributed by atoms with Crippen LogP contribution in [0.25, 0.3) is 0 Å². The Labute approximate surface area is 132 Å². The standard InChI is InChI=1S/C19H26N2O/c1-12(22)18-11-20-19(17-5-3-2-4-16(17)18)21-15-9-13-6-7-14(8-13)10-15/h11,13-15H,2-10H2,1H3,(H,20,21)/t13-,14+,15?. The zero-order valence-corrected chi connectivity index (χ0v) is 13.5. The Bertz CT molecular complexity index is 583. The molecule has 1 heterocycles. The molecule has 1 N–H and O–H groups in total. The monoisotopic (exact) mass is 298 g/mol. The molecule has 118 valence electrons. The number of nitrogens with zero attached hydrogens (tertiary/aromatic N) is 1. The molecule has 3 heteroatoms. The fourth-order valence-electron chi connectivity index (χ4n) is 5.00. The highest BCUT2D eigenvalue weighted by Crippen LogP contribution is 2.43. The zero-order chi connectivity index (χ0) is 15.1. The molecule has 0 aromatic carbocycles. The molecule has 0 amide bonds. The van der Waals surface area contributed by atoms with Crippen molar-refractivity contribution in [3.8, 4) is 0 Å². The summed E-state index contributed by atoms with van der Waals surface area (Å²) in [6.07, 6.45) is 13.3. The molecular formula is C19H26N2O. The van der Waals surface area contributed by atoms with Gasteiger partial charge in [0.2, 0.25) is 0 Å². The summed E-state index contributed by atoms with van der Waals surface area (Å²) >= 11 is 0. The van der Waals surface area contributed by atoms with Crippen LogP contribution >= 0.6 is 0 Å². The number of rotatable bonds is 3. The van der Waals surface area contributed by atoms with Crippen molar-refractivity contribution in [1.82, 2.24) is 4.98 Å². The van der Waals surface area contributed by atoms with Gasteiger partial charge in [0, 0.05) is 17.8 Å². The molecule has 1 unspecified atom stereocenters. The van der Waals surface area contributed by atoms with E-state index in [1.807, 2.05) is 6.20 Å². The lowest BCUT2D eigenvalue weighted by atomic mass is 9.84. The third-order valence-electron chi connectivity index (χ3n) is 6.01. The van der Waals surface area contributed by atoms with Crippen LogP contribution in [0.1, 0.15) is 73.4 Å². The number of hydrogen-bond donors (Lipinski definition) is 1. The fourth-order valence-corrected chi connectivity index (χ4v) is 5.00. The first-order valence-electron chi connectivity index (χ1n) is 8.99. The Morgan fingerprint density at radius 1 is 1.09 bits per heavy atom. The van der Waals surface area contributed by atoms with Gasteiger partial charge in [0.25, 0.3) is 0 Å². The first-order valence-corrected chi connectivity index (χ1v) is 8.99. The molecule has 22 heavy (non-hydrogen) atoms. The molecule has 3 aliphatic carbocycles. The summed E-state index contributed by atoms with van der Waals surface area (Å²) in [5, 5.41) is 3.75. The molecule has 2 fully saturated rings. The number of aromatic nitrogens is 1. The fraction of sp³-hybridized carbons (Fsp3) is 0.684. The summed E-state index contributed by atoms with van der Waals surface area (Å²) in [5.74, 6) is 3.10. The van der Waals surface area contributed by atoms with E-state index < -0.39 is 0 Å². The van der Waals surface area contributed by atoms with E-state index in [9.17, 15) is 4.79 Å². The molecule has 0 aliphatic heterocycles. The second-order valence-corrected chi connectivity index (χ2v) is 7.60. The van der Waals surface area contributed by atoms with Crippen LogP contribution < -0.4 is 5.32 Å². The van der Waals surface area contributed by atoms with Crippen molar-refractivity contribution in [2.24, 2.45) is 11.8 Å². The van der Waals surface area contributed by atoms with Crippen LogP contribution in [0.2, 0.25) is 0 Å². The summed E-state index contributed by atoms with van der Waals surface area (Å²) in [7, 11) is 0. The van der Waals surface area contributed by atoms with Gasteiger partial charge in [-0.3, -0.25) is 4.79 Å². The van der Waals surface area contributed by atoms with Crippen LogP contribution in [0.5, 0.6) is 0 Å². The van der Waals surface area contributed by atoms with E-state index in [1.165, 1.54) is 56.1 Å². The normalized spacial score (nSPS) is 30.0. The van der Waals surface area contributed by atoms with Crippen molar-refractivity contribution in [2.75, 3.05) is 5.32 Å². The van der Waals surface area contributed by atoms with Crippen LogP contribution in [0.3, 0.4) is 0 Å². The Kier molecular flexibility index (Phi) is 3.67. The van der Waals surface area contributed by atoms with Gasteiger partial charge < -0.3 is 5.32 Å². The van der Waals surface area contributed by atoms with Gasteiger partial charge in [0.15, 0.2) is 5.78 Å². The quantitative estimate of drug-likeness (QED) is 0.852. The van der Waals surface area contributed by atoms with E-state index >= 15 is 0 Å². The largest absolute Gasteiger partial charge is 0.367 e. The molecule has 2 saturated carbocycles. The Morgan fingerprint density at radius 3 is 2.45 bits per heavy atom. The minimum absolute atomic E-state index is 0.160. The maximum atomic E-state index is 11.9. The summed E-state index contributed by atoms with van der Waals surface area (Å²) in [5.41, 5.74) is 3.45. The van der Waals surface area contributed by atoms with E-state index in [0.29, 0.717) is 6.04 Å². The Morgan fingerprint density at radius 2 is 1.77 bits per heavy atom. The molecule has 1 aromatic heterocycles. The van der Waals surface area contributed by atoms with Crippen molar-refractivity contribution < 1.29 is 4.79 Å². The average molecular weight is 298 g/mol. The minimum atomic E-state index is 0.160. The van der Waals surface area contributed by atoms with Crippen molar-refractivity contribution in [3.05, 3.63) is 22.9 Å². The van der Waals surface area contributed by atoms with Gasteiger partial charge in [0.05, 0.1) is 0 Å². The topological polar surface area (TPSA) is 42.0 Å². The SMILES string of the molecule is CC(=O)c1cnc(NC2C[C@H]3CC[C@@H](C2)C3)c2c1CCCC2. The molecule has 3 aliphatic rings. The van der Waals surface area contributed by atoms with Crippen molar-refractivity contribution in [2.45, 2.75) is 70.8 Å². The molecule has 3 atom stereocenters. The predicted octanol–water partition coefficient (Wildman–Crippen LogP) is 4.15. The van der Waals surface area contributed by atoms with E-state index in [-0.39, 0.29) is 5.78 Å². The summed E-state index contributed by atoms with van der Waals surface area (Å²) in [6.45, 7) is 1.66. The van der Waals surface area contributed by atoms with Crippen LogP contribution in [-0.2, 0) is 12.8 Å². The minimum Gasteiger partial charge on any atom is -0.367 e. The summed E-state index contributed by atoms with van der Waals surface area (Å²) < 4.78 is 0. The lowest BCUT2D eigenvalue weighted by Gasteiger charge is -2.30. The highest BCUT2D eigenvalue weighted by Gasteiger charge is 2.34. The lowest BCUT2D eigenvalue weighted by molar-refractivity contribution is 0.101. The van der Waals surface area contributed by atoms with E-state index in [4.69, 9.17) is 0 Å². The molecule has 1 aromatic rings. The van der Waals surface area contributed by atoms with Crippen LogP contribution in [0.4, 0.5) is 5.82 Å². The van der Waals surface area contributed by atoms with E-state index in [1.54, 1.807) is 6.92 Å². The van der Waals surface area contributed by atoms with Gasteiger partial charge in [0.1, 0.15) is 5.82 Å². The third kappa shape index (κ3) is 2.55. The molecule has 0 radical (unpaired) electrons. The van der Waals surface area contributed by atoms with Gasteiger partial charge in [-0.15, -0.1) is 0 Å². The van der Waals surface area contributed by atoms with Gasteiger partial charge in [-0.05, 0) is 74.8 Å². The number of fused-ring (bicyclic) bond motifs is 3. The van der Waals surface area contributed by atoms with Gasteiger partial charge in [-0.2, -0.15) is 0 Å². The van der Waals surface area contributed by atoms with Crippen LogP contribution in [-0.4, -0.2) is 16.8 Å². The smallest absolute Gasteiger partial charge is 0.161 e. The van der Waals surface area contributed by atoms with Crippen LogP contribution in [0.15, 0.2) is 6.20 Å². The summed E-state index contributed by atoms with van der Waals surface area (Å²) in [6, 6.07) is 0.591. The van der Waals surface area contributed by atoms with Gasteiger partial charge in [-0.1, -0.05) is 12.8 Å². The van der Waals surface area contributed by atoms with Crippen molar-refractivity contribution >= 4 is 11.6 Å². The molecule has 0 saturated heterocycles. The summed E-state index contributed by atoms with van der Waals surface area (Å²) in [4.78, 5) is 16.5. The predicted molar refractivity (Wildman–Crippen MR) is 88.4 cm³/mol. The first kappa shape index (κ1) is 14.2. The Balaban J connectivity index is 1.60.